The van der Waals surface area contributed by atoms with E-state index < -0.39 is 6.09 Å². The van der Waals surface area contributed by atoms with Crippen molar-refractivity contribution in [1.82, 2.24) is 4.98 Å². The predicted octanol–water partition coefficient (Wildman–Crippen LogP) is 2.89. The van der Waals surface area contributed by atoms with E-state index in [4.69, 9.17) is 16.3 Å². The number of hydrogen-bond donors (Lipinski definition) is 0. The second kappa shape index (κ2) is 3.54. The van der Waals surface area contributed by atoms with Gasteiger partial charge in [-0.15, -0.1) is 11.3 Å². The van der Waals surface area contributed by atoms with Crippen molar-refractivity contribution in [2.24, 2.45) is 4.99 Å². The van der Waals surface area contributed by atoms with Crippen LogP contribution in [-0.4, -0.2) is 23.4 Å². The van der Waals surface area contributed by atoms with Gasteiger partial charge in [-0.2, -0.15) is 4.99 Å². The number of hydrogen-bond acceptors (Lipinski definition) is 4. The van der Waals surface area contributed by atoms with Crippen LogP contribution < -0.4 is 0 Å². The summed E-state index contributed by atoms with van der Waals surface area (Å²) in [6.07, 6.45) is -0.549. The molecule has 4 nitrogen and oxygen atoms in total. The first-order valence-corrected chi connectivity index (χ1v) is 5.72. The number of halogens is 1. The van der Waals surface area contributed by atoms with E-state index in [2.05, 4.69) is 9.98 Å². The number of carbonyl (C=O) groups is 1. The van der Waals surface area contributed by atoms with Crippen molar-refractivity contribution < 1.29 is 9.53 Å². The molecule has 6 heteroatoms. The second-order valence-electron chi connectivity index (χ2n) is 3.24. The van der Waals surface area contributed by atoms with Crippen molar-refractivity contribution in [3.05, 3.63) is 28.2 Å². The molecule has 3 rings (SSSR count). The lowest BCUT2D eigenvalue weighted by Gasteiger charge is -1.88. The zero-order valence-corrected chi connectivity index (χ0v) is 9.51. The van der Waals surface area contributed by atoms with E-state index in [1.165, 1.54) is 11.3 Å². The maximum absolute atomic E-state index is 10.8. The average Bonchev–Trinajstić information content (AvgIpc) is 2.83. The highest BCUT2D eigenvalue weighted by Crippen LogP contribution is 2.26. The molecule has 0 radical (unpaired) electrons. The van der Waals surface area contributed by atoms with Gasteiger partial charge in [0.2, 0.25) is 0 Å². The van der Waals surface area contributed by atoms with Gasteiger partial charge in [0.25, 0.3) is 0 Å². The van der Waals surface area contributed by atoms with E-state index in [-0.39, 0.29) is 6.61 Å². The quantitative estimate of drug-likeness (QED) is 0.784. The molecule has 0 aliphatic carbocycles. The van der Waals surface area contributed by atoms with Crippen LogP contribution in [-0.2, 0) is 4.74 Å². The second-order valence-corrected chi connectivity index (χ2v) is 4.71. The van der Waals surface area contributed by atoms with Crippen molar-refractivity contribution in [2.75, 3.05) is 6.61 Å². The lowest BCUT2D eigenvalue weighted by atomic mass is 10.3. The number of nitrogens with zero attached hydrogens (tertiary/aromatic N) is 2. The normalized spacial score (nSPS) is 15.3. The predicted molar refractivity (Wildman–Crippen MR) is 62.5 cm³/mol. The smallest absolute Gasteiger partial charge is 0.434 e. The van der Waals surface area contributed by atoms with Gasteiger partial charge in [0.05, 0.1) is 10.2 Å². The van der Waals surface area contributed by atoms with Crippen LogP contribution in [0.3, 0.4) is 0 Å². The van der Waals surface area contributed by atoms with E-state index in [0.29, 0.717) is 15.7 Å². The third-order valence-electron chi connectivity index (χ3n) is 2.16. The van der Waals surface area contributed by atoms with Gasteiger partial charge in [0.15, 0.2) is 0 Å². The lowest BCUT2D eigenvalue weighted by Crippen LogP contribution is -2.01. The fraction of sp³-hybridized carbons (Fsp3) is 0.100. The number of ether oxygens (including phenoxy) is 1. The summed E-state index contributed by atoms with van der Waals surface area (Å²) in [5, 5.41) is 1.38. The Morgan fingerprint density at radius 2 is 2.31 bits per heavy atom. The summed E-state index contributed by atoms with van der Waals surface area (Å²) in [6, 6.07) is 5.47. The Balaban J connectivity index is 2.12. The van der Waals surface area contributed by atoms with Gasteiger partial charge in [-0.05, 0) is 18.2 Å². The molecular formula is C10H5ClN2O2S. The summed E-state index contributed by atoms with van der Waals surface area (Å²) in [7, 11) is 0. The molecule has 1 aliphatic rings. The number of carbonyl (C=O) groups excluding carboxylic acids is 1. The van der Waals surface area contributed by atoms with Gasteiger partial charge >= 0.3 is 6.09 Å². The minimum atomic E-state index is -0.549. The molecule has 0 unspecified atom stereocenters. The number of aliphatic imine (C=N–C) groups is 1. The topological polar surface area (TPSA) is 51.5 Å². The van der Waals surface area contributed by atoms with Gasteiger partial charge in [0, 0.05) is 5.02 Å². The molecule has 1 amide bonds. The number of benzene rings is 1. The molecule has 80 valence electrons. The van der Waals surface area contributed by atoms with Crippen LogP contribution in [0.4, 0.5) is 4.79 Å². The Bertz CT molecular complexity index is 620. The van der Waals surface area contributed by atoms with Crippen molar-refractivity contribution in [3.8, 4) is 0 Å². The van der Waals surface area contributed by atoms with E-state index in [1.807, 2.05) is 12.1 Å². The monoisotopic (exact) mass is 252 g/mol. The van der Waals surface area contributed by atoms with Crippen molar-refractivity contribution in [1.29, 1.82) is 0 Å². The Labute approximate surface area is 99.5 Å². The van der Waals surface area contributed by atoms with Gasteiger partial charge in [-0.25, -0.2) is 9.78 Å². The molecule has 1 aromatic heterocycles. The number of rotatable bonds is 1. The standard InChI is InChI=1S/C10H5ClN2O2S/c11-5-1-2-6-8(3-5)16-9(12-6)7-4-15-10(14)13-7/h1-3H,4H2. The molecule has 0 saturated heterocycles. The van der Waals surface area contributed by atoms with Crippen LogP contribution in [0.25, 0.3) is 10.2 Å². The Kier molecular flexibility index (Phi) is 2.15. The maximum atomic E-state index is 10.8. The number of fused-ring (bicyclic) bond motifs is 1. The Morgan fingerprint density at radius 1 is 1.44 bits per heavy atom. The highest BCUT2D eigenvalue weighted by molar-refractivity contribution is 7.20. The fourth-order valence-electron chi connectivity index (χ4n) is 1.44. The zero-order chi connectivity index (χ0) is 11.1. The average molecular weight is 253 g/mol. The van der Waals surface area contributed by atoms with Gasteiger partial charge in [-0.3, -0.25) is 0 Å². The highest BCUT2D eigenvalue weighted by Gasteiger charge is 2.19. The first kappa shape index (κ1) is 9.74. The van der Waals surface area contributed by atoms with Crippen LogP contribution in [0, 0.1) is 0 Å². The molecule has 2 heterocycles. The lowest BCUT2D eigenvalue weighted by molar-refractivity contribution is 0.181. The minimum Gasteiger partial charge on any atom is -0.441 e. The summed E-state index contributed by atoms with van der Waals surface area (Å²) in [5.41, 5.74) is 1.44. The van der Waals surface area contributed by atoms with E-state index in [9.17, 15) is 4.79 Å². The molecule has 0 spiro atoms. The summed E-state index contributed by atoms with van der Waals surface area (Å²) in [6.45, 7) is 0.201. The molecule has 0 atom stereocenters. The van der Waals surface area contributed by atoms with Crippen molar-refractivity contribution in [3.63, 3.8) is 0 Å². The summed E-state index contributed by atoms with van der Waals surface area (Å²) in [4.78, 5) is 19.0. The van der Waals surface area contributed by atoms with E-state index >= 15 is 0 Å². The molecule has 2 aromatic rings. The molecule has 1 aliphatic heterocycles. The van der Waals surface area contributed by atoms with Gasteiger partial charge in [-0.1, -0.05) is 11.6 Å². The minimum absolute atomic E-state index is 0.201. The van der Waals surface area contributed by atoms with E-state index in [1.54, 1.807) is 6.07 Å². The van der Waals surface area contributed by atoms with Crippen LogP contribution in [0.5, 0.6) is 0 Å². The Morgan fingerprint density at radius 3 is 3.06 bits per heavy atom. The molecular weight excluding hydrogens is 248 g/mol. The number of cyclic esters (lactones) is 1. The molecule has 0 bridgehead atoms. The van der Waals surface area contributed by atoms with E-state index in [0.717, 1.165) is 10.2 Å². The van der Waals surface area contributed by atoms with Crippen molar-refractivity contribution >= 4 is 45.0 Å². The molecule has 16 heavy (non-hydrogen) atoms. The maximum Gasteiger partial charge on any atom is 0.434 e. The SMILES string of the molecule is O=C1N=C(c2nc3ccc(Cl)cc3s2)CO1. The molecule has 0 N–H and O–H groups in total. The summed E-state index contributed by atoms with van der Waals surface area (Å²) >= 11 is 7.33. The number of aromatic nitrogens is 1. The summed E-state index contributed by atoms with van der Waals surface area (Å²) < 4.78 is 5.71. The number of thiazole rings is 1. The van der Waals surface area contributed by atoms with Gasteiger partial charge < -0.3 is 4.74 Å². The fourth-order valence-corrected chi connectivity index (χ4v) is 2.65. The van der Waals surface area contributed by atoms with Crippen molar-refractivity contribution in [2.45, 2.75) is 0 Å². The van der Waals surface area contributed by atoms with Crippen LogP contribution in [0.15, 0.2) is 23.2 Å². The van der Waals surface area contributed by atoms with Crippen LogP contribution >= 0.6 is 22.9 Å². The zero-order valence-electron chi connectivity index (χ0n) is 7.94. The third-order valence-corrected chi connectivity index (χ3v) is 3.46. The van der Waals surface area contributed by atoms with Crippen LogP contribution in [0.2, 0.25) is 5.02 Å². The Hall–Kier alpha value is -1.46. The third kappa shape index (κ3) is 1.58. The number of amides is 1. The molecule has 1 aromatic carbocycles. The van der Waals surface area contributed by atoms with Crippen LogP contribution in [0.1, 0.15) is 5.01 Å². The first-order valence-electron chi connectivity index (χ1n) is 4.53. The van der Waals surface area contributed by atoms with Gasteiger partial charge in [0.1, 0.15) is 17.3 Å². The summed E-state index contributed by atoms with van der Waals surface area (Å²) in [5.74, 6) is 0. The largest absolute Gasteiger partial charge is 0.441 e. The highest BCUT2D eigenvalue weighted by atomic mass is 35.5. The molecule has 0 saturated carbocycles. The first-order chi connectivity index (χ1) is 7.72. The molecule has 0 fully saturated rings.